The number of Topliss-reactive ketones (excluding diaryl/α,β-unsaturated/α-hetero) is 1. The molecule has 1 aliphatic heterocycles. The van der Waals surface area contributed by atoms with Crippen LogP contribution in [0.15, 0.2) is 24.3 Å². The lowest BCUT2D eigenvalue weighted by Gasteiger charge is -2.32. The van der Waals surface area contributed by atoms with Gasteiger partial charge in [-0.3, -0.25) is 28.8 Å². The van der Waals surface area contributed by atoms with Crippen molar-refractivity contribution in [1.82, 2.24) is 20.9 Å². The fourth-order valence-electron chi connectivity index (χ4n) is 4.66. The maximum atomic E-state index is 13.5. The van der Waals surface area contributed by atoms with Gasteiger partial charge in [0.05, 0.1) is 6.04 Å². The number of rotatable bonds is 14. The van der Waals surface area contributed by atoms with Crippen LogP contribution in [-0.2, 0) is 19.2 Å². The fraction of sp³-hybridized carbons (Fsp3) is 0.586. The van der Waals surface area contributed by atoms with Crippen molar-refractivity contribution in [2.45, 2.75) is 84.1 Å². The maximum absolute atomic E-state index is 13.5. The van der Waals surface area contributed by atoms with E-state index < -0.39 is 71.5 Å². The van der Waals surface area contributed by atoms with Crippen molar-refractivity contribution in [2.75, 3.05) is 13.1 Å². The number of carbonyl (C=O) groups is 6. The molecule has 43 heavy (non-hydrogen) atoms. The van der Waals surface area contributed by atoms with E-state index in [0.29, 0.717) is 25.8 Å². The second kappa shape index (κ2) is 15.5. The molecule has 1 aromatic rings. The minimum absolute atomic E-state index is 0.00668. The molecule has 1 heterocycles. The normalized spacial score (nSPS) is 16.5. The molecule has 2 rings (SSSR count). The third kappa shape index (κ3) is 10.1. The summed E-state index contributed by atoms with van der Waals surface area (Å²) in [6.07, 6.45) is -3.62. The van der Waals surface area contributed by atoms with Gasteiger partial charge in [0.15, 0.2) is 0 Å². The molecule has 0 aromatic heterocycles. The van der Waals surface area contributed by atoms with Crippen LogP contribution in [0, 0.1) is 11.8 Å². The largest absolute Gasteiger partial charge is 0.481 e. The average molecular weight is 613 g/mol. The number of ketones is 1. The molecule has 4 N–H and O–H groups in total. The molecule has 0 aliphatic carbocycles. The van der Waals surface area contributed by atoms with E-state index in [1.54, 1.807) is 13.8 Å². The third-order valence-corrected chi connectivity index (χ3v) is 7.10. The number of nitrogens with zero attached hydrogens (tertiary/aromatic N) is 1. The lowest BCUT2D eigenvalue weighted by molar-refractivity contribution is -0.175. The van der Waals surface area contributed by atoms with Gasteiger partial charge in [-0.15, -0.1) is 0 Å². The van der Waals surface area contributed by atoms with Gasteiger partial charge < -0.3 is 26.0 Å². The summed E-state index contributed by atoms with van der Waals surface area (Å²) in [6.45, 7) is 6.57. The van der Waals surface area contributed by atoms with Crippen molar-refractivity contribution in [2.24, 2.45) is 11.8 Å². The van der Waals surface area contributed by atoms with E-state index in [1.165, 1.54) is 43.0 Å². The Morgan fingerprint density at radius 3 is 1.95 bits per heavy atom. The highest BCUT2D eigenvalue weighted by atomic mass is 19.4. The fourth-order valence-corrected chi connectivity index (χ4v) is 4.66. The molecule has 0 radical (unpaired) electrons. The van der Waals surface area contributed by atoms with Crippen molar-refractivity contribution in [3.63, 3.8) is 0 Å². The summed E-state index contributed by atoms with van der Waals surface area (Å²) in [4.78, 5) is 75.5. The first-order valence-corrected chi connectivity index (χ1v) is 14.2. The number of carboxylic acids is 1. The van der Waals surface area contributed by atoms with Gasteiger partial charge in [0.2, 0.25) is 11.8 Å². The molecule has 2 unspecified atom stereocenters. The molecule has 238 valence electrons. The lowest BCUT2D eigenvalue weighted by Crippen LogP contribution is -2.58. The zero-order valence-corrected chi connectivity index (χ0v) is 24.6. The third-order valence-electron chi connectivity index (χ3n) is 7.10. The number of halogens is 3. The van der Waals surface area contributed by atoms with Crippen LogP contribution in [0.5, 0.6) is 0 Å². The molecule has 1 aliphatic rings. The predicted octanol–water partition coefficient (Wildman–Crippen LogP) is 2.69. The Bertz CT molecular complexity index is 1190. The Morgan fingerprint density at radius 2 is 1.44 bits per heavy atom. The van der Waals surface area contributed by atoms with Gasteiger partial charge in [0.1, 0.15) is 12.1 Å². The highest BCUT2D eigenvalue weighted by molar-refractivity contribution is 6.00. The first-order valence-electron chi connectivity index (χ1n) is 14.2. The molecule has 1 saturated heterocycles. The number of carboxylic acid groups (broad SMARTS) is 1. The van der Waals surface area contributed by atoms with Crippen LogP contribution in [0.3, 0.4) is 0 Å². The molecular formula is C29H39F3N4O7. The predicted molar refractivity (Wildman–Crippen MR) is 149 cm³/mol. The molecular weight excluding hydrogens is 573 g/mol. The molecule has 14 heteroatoms. The van der Waals surface area contributed by atoms with Gasteiger partial charge in [-0.25, -0.2) is 0 Å². The van der Waals surface area contributed by atoms with E-state index in [0.717, 1.165) is 0 Å². The topological polar surface area (TPSA) is 162 Å². The van der Waals surface area contributed by atoms with Gasteiger partial charge >= 0.3 is 12.1 Å². The number of carbonyl (C=O) groups excluding carboxylic acids is 5. The zero-order chi connectivity index (χ0) is 32.5. The summed E-state index contributed by atoms with van der Waals surface area (Å²) in [5, 5.41) is 16.2. The number of likely N-dealkylation sites (tertiary alicyclic amines) is 1. The standard InChI is InChI=1S/C29H39F3N4O7/c1-16(2)22(24(39)29(30,31)32)34-27(42)20-8-7-15-36(20)28(43)23(17(3)4)35-26(41)19-12-10-18(11-13-19)25(40)33-14-6-5-9-21(37)38/h10-13,16-17,20,22-23H,5-9,14-15H2,1-4H3,(H,33,40)(H,34,42)(H,35,41)(H,37,38)/t20-,22?,23?/m0/s1. The van der Waals surface area contributed by atoms with Gasteiger partial charge in [0, 0.05) is 30.6 Å². The number of hydrogen-bond donors (Lipinski definition) is 4. The van der Waals surface area contributed by atoms with Crippen LogP contribution in [0.1, 0.15) is 80.5 Å². The zero-order valence-electron chi connectivity index (χ0n) is 24.6. The summed E-state index contributed by atoms with van der Waals surface area (Å²) in [7, 11) is 0. The summed E-state index contributed by atoms with van der Waals surface area (Å²) < 4.78 is 39.2. The number of amides is 4. The van der Waals surface area contributed by atoms with Gasteiger partial charge in [-0.1, -0.05) is 27.7 Å². The molecule has 0 bridgehead atoms. The van der Waals surface area contributed by atoms with Crippen molar-refractivity contribution < 1.29 is 47.0 Å². The quantitative estimate of drug-likeness (QED) is 0.235. The Labute approximate surface area is 247 Å². The van der Waals surface area contributed by atoms with E-state index in [1.807, 2.05) is 0 Å². The van der Waals surface area contributed by atoms with E-state index in [2.05, 4.69) is 16.0 Å². The Hall–Kier alpha value is -3.97. The first-order chi connectivity index (χ1) is 20.0. The summed E-state index contributed by atoms with van der Waals surface area (Å²) in [5.41, 5.74) is 0.443. The van der Waals surface area contributed by atoms with E-state index in [9.17, 15) is 41.9 Å². The Kier molecular flexibility index (Phi) is 12.7. The average Bonchev–Trinajstić information content (AvgIpc) is 3.42. The monoisotopic (exact) mass is 612 g/mol. The number of aliphatic carboxylic acids is 1. The van der Waals surface area contributed by atoms with E-state index in [4.69, 9.17) is 5.11 Å². The first kappa shape index (κ1) is 35.2. The molecule has 1 aromatic carbocycles. The van der Waals surface area contributed by atoms with Gasteiger partial charge in [-0.05, 0) is 61.8 Å². The smallest absolute Gasteiger partial charge is 0.452 e. The highest BCUT2D eigenvalue weighted by Gasteiger charge is 2.46. The highest BCUT2D eigenvalue weighted by Crippen LogP contribution is 2.24. The van der Waals surface area contributed by atoms with Crippen LogP contribution in [-0.4, -0.2) is 82.8 Å². The number of hydrogen-bond acceptors (Lipinski definition) is 6. The number of nitrogens with one attached hydrogen (secondary N) is 3. The number of unbranched alkanes of at least 4 members (excludes halogenated alkanes) is 1. The van der Waals surface area contributed by atoms with Crippen molar-refractivity contribution in [3.8, 4) is 0 Å². The van der Waals surface area contributed by atoms with Crippen LogP contribution in [0.2, 0.25) is 0 Å². The molecule has 1 fully saturated rings. The molecule has 0 saturated carbocycles. The number of benzene rings is 1. The number of alkyl halides is 3. The van der Waals surface area contributed by atoms with Crippen molar-refractivity contribution >= 4 is 35.4 Å². The SMILES string of the molecule is CC(C)C(NC(=O)c1ccc(C(=O)NCCCCC(=O)O)cc1)C(=O)N1CCC[C@H]1C(=O)NC(C(=O)C(F)(F)F)C(C)C. The maximum Gasteiger partial charge on any atom is 0.452 e. The lowest BCUT2D eigenvalue weighted by atomic mass is 9.98. The second-order valence-electron chi connectivity index (χ2n) is 11.2. The van der Waals surface area contributed by atoms with Crippen LogP contribution in [0.4, 0.5) is 13.2 Å². The van der Waals surface area contributed by atoms with E-state index in [-0.39, 0.29) is 30.5 Å². The minimum Gasteiger partial charge on any atom is -0.481 e. The van der Waals surface area contributed by atoms with Crippen molar-refractivity contribution in [1.29, 1.82) is 0 Å². The minimum atomic E-state index is -5.13. The summed E-state index contributed by atoms with van der Waals surface area (Å²) in [6, 6.07) is 1.72. The Balaban J connectivity index is 2.06. The van der Waals surface area contributed by atoms with E-state index >= 15 is 0 Å². The molecule has 4 amide bonds. The van der Waals surface area contributed by atoms with Crippen LogP contribution < -0.4 is 16.0 Å². The van der Waals surface area contributed by atoms with Gasteiger partial charge in [0.25, 0.3) is 17.6 Å². The molecule has 3 atom stereocenters. The molecule has 11 nitrogen and oxygen atoms in total. The Morgan fingerprint density at radius 1 is 0.884 bits per heavy atom. The molecule has 0 spiro atoms. The van der Waals surface area contributed by atoms with Gasteiger partial charge in [-0.2, -0.15) is 13.2 Å². The summed E-state index contributed by atoms with van der Waals surface area (Å²) >= 11 is 0. The van der Waals surface area contributed by atoms with Crippen molar-refractivity contribution in [3.05, 3.63) is 35.4 Å². The van der Waals surface area contributed by atoms with Crippen LogP contribution >= 0.6 is 0 Å². The summed E-state index contributed by atoms with van der Waals surface area (Å²) in [5.74, 6) is -6.69. The second-order valence-corrected chi connectivity index (χ2v) is 11.2. The van der Waals surface area contributed by atoms with Crippen LogP contribution in [0.25, 0.3) is 0 Å².